The van der Waals surface area contributed by atoms with Crippen LogP contribution in [0.15, 0.2) is 64.1 Å². The Morgan fingerprint density at radius 2 is 1.88 bits per heavy atom. The molecule has 24 heavy (non-hydrogen) atoms. The summed E-state index contributed by atoms with van der Waals surface area (Å²) in [5.74, 6) is -1.13. The second kappa shape index (κ2) is 6.21. The summed E-state index contributed by atoms with van der Waals surface area (Å²) in [6, 6.07) is 12.5. The van der Waals surface area contributed by atoms with Gasteiger partial charge in [-0.15, -0.1) is 0 Å². The summed E-state index contributed by atoms with van der Waals surface area (Å²) in [5, 5.41) is 9.77. The first kappa shape index (κ1) is 16.4. The molecule has 0 spiro atoms. The van der Waals surface area contributed by atoms with Crippen LogP contribution in [-0.2, 0) is 10.0 Å². The Hall–Kier alpha value is -2.45. The van der Waals surface area contributed by atoms with E-state index in [1.54, 1.807) is 24.4 Å². The van der Waals surface area contributed by atoms with Crippen molar-refractivity contribution >= 4 is 48.5 Å². The summed E-state index contributed by atoms with van der Waals surface area (Å²) in [5.41, 5.74) is 0.872. The van der Waals surface area contributed by atoms with Crippen molar-refractivity contribution in [1.29, 1.82) is 0 Å². The van der Waals surface area contributed by atoms with Crippen molar-refractivity contribution in [3.05, 3.63) is 64.8 Å². The molecule has 0 unspecified atom stereocenters. The summed E-state index contributed by atoms with van der Waals surface area (Å²) in [7, 11) is -3.91. The third-order valence-corrected chi connectivity index (χ3v) is 5.69. The number of rotatable bonds is 4. The molecule has 0 aliphatic rings. The van der Waals surface area contributed by atoms with Gasteiger partial charge in [0.05, 0.1) is 16.8 Å². The number of carboxylic acid groups (broad SMARTS) is 1. The standard InChI is InChI=1S/C16H11BrN2O4S/c17-12-9-11(16(20)21)6-7-14(12)24(22,23)19-13-5-1-3-10-4-2-8-18-15(10)13/h1-9,19H,(H,20,21). The molecular weight excluding hydrogens is 396 g/mol. The molecule has 0 saturated carbocycles. The summed E-state index contributed by atoms with van der Waals surface area (Å²) < 4.78 is 27.9. The fourth-order valence-corrected chi connectivity index (χ4v) is 4.38. The van der Waals surface area contributed by atoms with Crippen molar-refractivity contribution in [3.63, 3.8) is 0 Å². The Morgan fingerprint density at radius 3 is 2.58 bits per heavy atom. The molecule has 0 aliphatic heterocycles. The van der Waals surface area contributed by atoms with E-state index in [1.165, 1.54) is 18.2 Å². The lowest BCUT2D eigenvalue weighted by atomic mass is 10.2. The fraction of sp³-hybridized carbons (Fsp3) is 0. The van der Waals surface area contributed by atoms with E-state index in [1.807, 2.05) is 12.1 Å². The highest BCUT2D eigenvalue weighted by Crippen LogP contribution is 2.28. The highest BCUT2D eigenvalue weighted by atomic mass is 79.9. The molecule has 122 valence electrons. The molecule has 0 amide bonds. The summed E-state index contributed by atoms with van der Waals surface area (Å²) in [6.45, 7) is 0. The zero-order valence-electron chi connectivity index (χ0n) is 12.1. The number of aromatic nitrogens is 1. The van der Waals surface area contributed by atoms with Gasteiger partial charge in [-0.2, -0.15) is 0 Å². The third-order valence-electron chi connectivity index (χ3n) is 3.35. The number of hydrogen-bond acceptors (Lipinski definition) is 4. The van der Waals surface area contributed by atoms with Crippen molar-refractivity contribution < 1.29 is 18.3 Å². The number of hydrogen-bond donors (Lipinski definition) is 2. The lowest BCUT2D eigenvalue weighted by Gasteiger charge is -2.11. The molecule has 1 heterocycles. The molecule has 2 N–H and O–H groups in total. The first-order valence-corrected chi connectivity index (χ1v) is 9.05. The Morgan fingerprint density at radius 1 is 1.12 bits per heavy atom. The molecule has 2 aromatic carbocycles. The van der Waals surface area contributed by atoms with Crippen LogP contribution in [0.1, 0.15) is 10.4 Å². The maximum atomic E-state index is 12.6. The van der Waals surface area contributed by atoms with Gasteiger partial charge in [0.15, 0.2) is 0 Å². The summed E-state index contributed by atoms with van der Waals surface area (Å²) in [4.78, 5) is 15.1. The number of fused-ring (bicyclic) bond motifs is 1. The zero-order chi connectivity index (χ0) is 17.3. The second-order valence-electron chi connectivity index (χ2n) is 4.94. The molecule has 3 rings (SSSR count). The monoisotopic (exact) mass is 406 g/mol. The van der Waals surface area contributed by atoms with E-state index in [4.69, 9.17) is 5.11 Å². The Labute approximate surface area is 146 Å². The Kier molecular flexibility index (Phi) is 4.25. The van der Waals surface area contributed by atoms with Crippen molar-refractivity contribution in [2.24, 2.45) is 0 Å². The number of para-hydroxylation sites is 1. The quantitative estimate of drug-likeness (QED) is 0.690. The molecule has 0 fully saturated rings. The second-order valence-corrected chi connectivity index (χ2v) is 7.44. The van der Waals surface area contributed by atoms with Crippen LogP contribution < -0.4 is 4.72 Å². The number of carbonyl (C=O) groups is 1. The fourth-order valence-electron chi connectivity index (χ4n) is 2.24. The van der Waals surface area contributed by atoms with Crippen LogP contribution in [0.25, 0.3) is 10.9 Å². The van der Waals surface area contributed by atoms with E-state index in [9.17, 15) is 13.2 Å². The van der Waals surface area contributed by atoms with E-state index in [-0.39, 0.29) is 14.9 Å². The normalized spacial score (nSPS) is 11.4. The highest BCUT2D eigenvalue weighted by Gasteiger charge is 2.20. The van der Waals surface area contributed by atoms with Gasteiger partial charge in [0.2, 0.25) is 0 Å². The average molecular weight is 407 g/mol. The molecule has 0 radical (unpaired) electrons. The maximum Gasteiger partial charge on any atom is 0.335 e. The van der Waals surface area contributed by atoms with E-state index in [2.05, 4.69) is 25.6 Å². The SMILES string of the molecule is O=C(O)c1ccc(S(=O)(=O)Nc2cccc3cccnc23)c(Br)c1. The predicted molar refractivity (Wildman–Crippen MR) is 93.7 cm³/mol. The maximum absolute atomic E-state index is 12.6. The molecule has 1 aromatic heterocycles. The number of nitrogens with zero attached hydrogens (tertiary/aromatic N) is 1. The zero-order valence-corrected chi connectivity index (χ0v) is 14.5. The number of nitrogens with one attached hydrogen (secondary N) is 1. The Bertz CT molecular complexity index is 1050. The van der Waals surface area contributed by atoms with Crippen LogP contribution in [-0.4, -0.2) is 24.5 Å². The van der Waals surface area contributed by atoms with E-state index >= 15 is 0 Å². The minimum Gasteiger partial charge on any atom is -0.478 e. The molecule has 0 bridgehead atoms. The van der Waals surface area contributed by atoms with E-state index < -0.39 is 16.0 Å². The van der Waals surface area contributed by atoms with Gasteiger partial charge in [0, 0.05) is 16.1 Å². The number of aromatic carboxylic acids is 1. The van der Waals surface area contributed by atoms with Crippen LogP contribution in [0.5, 0.6) is 0 Å². The average Bonchev–Trinajstić information content (AvgIpc) is 2.54. The first-order valence-electron chi connectivity index (χ1n) is 6.78. The number of anilines is 1. The van der Waals surface area contributed by atoms with Gasteiger partial charge in [-0.05, 0) is 46.3 Å². The molecule has 6 nitrogen and oxygen atoms in total. The largest absolute Gasteiger partial charge is 0.478 e. The van der Waals surface area contributed by atoms with Crippen LogP contribution >= 0.6 is 15.9 Å². The minimum absolute atomic E-state index is 0.00680. The Balaban J connectivity index is 2.04. The number of sulfonamides is 1. The molecule has 3 aromatic rings. The predicted octanol–water partition coefficient (Wildman–Crippen LogP) is 3.50. The number of benzene rings is 2. The van der Waals surface area contributed by atoms with Gasteiger partial charge in [-0.1, -0.05) is 18.2 Å². The van der Waals surface area contributed by atoms with Gasteiger partial charge < -0.3 is 5.11 Å². The van der Waals surface area contributed by atoms with E-state index in [0.29, 0.717) is 11.2 Å². The number of pyridine rings is 1. The molecular formula is C16H11BrN2O4S. The van der Waals surface area contributed by atoms with Crippen LogP contribution in [0.3, 0.4) is 0 Å². The molecule has 0 aliphatic carbocycles. The van der Waals surface area contributed by atoms with Crippen molar-refractivity contribution in [2.45, 2.75) is 4.90 Å². The van der Waals surface area contributed by atoms with Crippen molar-refractivity contribution in [1.82, 2.24) is 4.98 Å². The van der Waals surface area contributed by atoms with Gasteiger partial charge in [0.25, 0.3) is 10.0 Å². The molecule has 0 atom stereocenters. The third kappa shape index (κ3) is 3.10. The van der Waals surface area contributed by atoms with Crippen LogP contribution in [0, 0.1) is 0 Å². The summed E-state index contributed by atoms with van der Waals surface area (Å²) >= 11 is 3.12. The van der Waals surface area contributed by atoms with E-state index in [0.717, 1.165) is 5.39 Å². The molecule has 8 heteroatoms. The topological polar surface area (TPSA) is 96.4 Å². The van der Waals surface area contributed by atoms with Crippen LogP contribution in [0.4, 0.5) is 5.69 Å². The van der Waals surface area contributed by atoms with Crippen LogP contribution in [0.2, 0.25) is 0 Å². The summed E-state index contributed by atoms with van der Waals surface area (Å²) in [6.07, 6.45) is 1.58. The van der Waals surface area contributed by atoms with Crippen molar-refractivity contribution in [2.75, 3.05) is 4.72 Å². The first-order chi connectivity index (χ1) is 11.4. The van der Waals surface area contributed by atoms with Gasteiger partial charge in [-0.25, -0.2) is 13.2 Å². The van der Waals surface area contributed by atoms with Gasteiger partial charge in [0.1, 0.15) is 4.90 Å². The number of carboxylic acids is 1. The van der Waals surface area contributed by atoms with Gasteiger partial charge >= 0.3 is 5.97 Å². The lowest BCUT2D eigenvalue weighted by Crippen LogP contribution is -2.14. The number of halogens is 1. The molecule has 0 saturated heterocycles. The highest BCUT2D eigenvalue weighted by molar-refractivity contribution is 9.10. The van der Waals surface area contributed by atoms with Gasteiger partial charge in [-0.3, -0.25) is 9.71 Å². The smallest absolute Gasteiger partial charge is 0.335 e. The van der Waals surface area contributed by atoms with Crippen molar-refractivity contribution in [3.8, 4) is 0 Å². The minimum atomic E-state index is -3.91. The lowest BCUT2D eigenvalue weighted by molar-refractivity contribution is 0.0696.